The fraction of sp³-hybridized carbons (Fsp3) is 0.444. The molecule has 4 heteroatoms. The Morgan fingerprint density at radius 3 is 2.50 bits per heavy atom. The Morgan fingerprint density at radius 1 is 1.18 bits per heavy atom. The molecule has 2 aliphatic rings. The maximum absolute atomic E-state index is 13.2. The number of nitrogens with zero attached hydrogens (tertiary/aromatic N) is 2. The maximum Gasteiger partial charge on any atom is 0.167 e. The molecule has 114 valence electrons. The fourth-order valence-corrected chi connectivity index (χ4v) is 3.46. The Morgan fingerprint density at radius 2 is 1.86 bits per heavy atom. The average molecular weight is 298 g/mol. The van der Waals surface area contributed by atoms with Crippen LogP contribution in [0.5, 0.6) is 0 Å². The third-order valence-corrected chi connectivity index (χ3v) is 4.59. The molecule has 1 heterocycles. The van der Waals surface area contributed by atoms with Crippen molar-refractivity contribution in [1.82, 2.24) is 9.78 Å². The molecule has 0 radical (unpaired) electrons. The molecule has 1 aromatic carbocycles. The van der Waals surface area contributed by atoms with Crippen molar-refractivity contribution in [3.8, 4) is 5.69 Å². The zero-order valence-corrected chi connectivity index (χ0v) is 12.9. The van der Waals surface area contributed by atoms with Gasteiger partial charge in [0.1, 0.15) is 5.82 Å². The van der Waals surface area contributed by atoms with Crippen molar-refractivity contribution in [2.24, 2.45) is 5.41 Å². The van der Waals surface area contributed by atoms with E-state index in [9.17, 15) is 9.18 Å². The molecule has 0 saturated heterocycles. The summed E-state index contributed by atoms with van der Waals surface area (Å²) in [5.41, 5.74) is 3.59. The molecule has 3 nitrogen and oxygen atoms in total. The highest BCUT2D eigenvalue weighted by atomic mass is 19.1. The lowest BCUT2D eigenvalue weighted by molar-refractivity contribution is 0.0910. The summed E-state index contributed by atoms with van der Waals surface area (Å²) in [5, 5.41) is 4.73. The van der Waals surface area contributed by atoms with E-state index in [-0.39, 0.29) is 17.0 Å². The first-order chi connectivity index (χ1) is 10.4. The lowest BCUT2D eigenvalue weighted by Gasteiger charge is -2.27. The molecule has 1 fully saturated rings. The van der Waals surface area contributed by atoms with Gasteiger partial charge in [-0.2, -0.15) is 5.10 Å². The summed E-state index contributed by atoms with van der Waals surface area (Å²) in [5.74, 6) is 0.374. The first-order valence-electron chi connectivity index (χ1n) is 7.85. The summed E-state index contributed by atoms with van der Waals surface area (Å²) < 4.78 is 15.1. The molecule has 2 aliphatic carbocycles. The van der Waals surface area contributed by atoms with Crippen molar-refractivity contribution in [2.45, 2.75) is 45.4 Å². The lowest BCUT2D eigenvalue weighted by Crippen LogP contribution is -2.27. The van der Waals surface area contributed by atoms with Crippen molar-refractivity contribution in [3.05, 3.63) is 47.0 Å². The number of benzene rings is 1. The number of carbonyl (C=O) groups is 1. The highest BCUT2D eigenvalue weighted by molar-refractivity contribution is 6.00. The van der Waals surface area contributed by atoms with Crippen LogP contribution in [0.3, 0.4) is 0 Å². The Labute approximate surface area is 129 Å². The van der Waals surface area contributed by atoms with E-state index in [1.165, 1.54) is 12.1 Å². The lowest BCUT2D eigenvalue weighted by atomic mass is 9.75. The number of hydrogen-bond acceptors (Lipinski definition) is 2. The number of fused-ring (bicyclic) bond motifs is 1. The van der Waals surface area contributed by atoms with Crippen molar-refractivity contribution in [3.63, 3.8) is 0 Å². The second-order valence-electron chi connectivity index (χ2n) is 7.31. The van der Waals surface area contributed by atoms with E-state index >= 15 is 0 Å². The number of aromatic nitrogens is 2. The van der Waals surface area contributed by atoms with Crippen LogP contribution in [0.4, 0.5) is 4.39 Å². The molecular weight excluding hydrogens is 279 g/mol. The van der Waals surface area contributed by atoms with Gasteiger partial charge in [0, 0.05) is 12.3 Å². The predicted molar refractivity (Wildman–Crippen MR) is 81.9 cm³/mol. The largest absolute Gasteiger partial charge is 0.294 e. The number of halogens is 1. The second kappa shape index (κ2) is 4.51. The smallest absolute Gasteiger partial charge is 0.167 e. The van der Waals surface area contributed by atoms with Gasteiger partial charge in [-0.3, -0.25) is 4.79 Å². The average Bonchev–Trinajstić information content (AvgIpc) is 3.20. The minimum atomic E-state index is -0.258. The third-order valence-electron chi connectivity index (χ3n) is 4.59. The molecule has 0 aliphatic heterocycles. The molecular formula is C18H19FN2O. The van der Waals surface area contributed by atoms with Gasteiger partial charge >= 0.3 is 0 Å². The summed E-state index contributed by atoms with van der Waals surface area (Å²) >= 11 is 0. The molecule has 1 aromatic heterocycles. The van der Waals surface area contributed by atoms with Gasteiger partial charge in [-0.15, -0.1) is 0 Å². The number of Topliss-reactive ketones (excluding diaryl/α,β-unsaturated/α-hetero) is 1. The van der Waals surface area contributed by atoms with Gasteiger partial charge in [0.2, 0.25) is 0 Å². The summed E-state index contributed by atoms with van der Waals surface area (Å²) in [6, 6.07) is 6.35. The van der Waals surface area contributed by atoms with Crippen LogP contribution in [0.1, 0.15) is 60.8 Å². The Bertz CT molecular complexity index is 754. The first kappa shape index (κ1) is 13.7. The monoisotopic (exact) mass is 298 g/mol. The topological polar surface area (TPSA) is 34.9 Å². The normalized spacial score (nSPS) is 20.0. The molecule has 0 unspecified atom stereocenters. The summed E-state index contributed by atoms with van der Waals surface area (Å²) in [4.78, 5) is 12.6. The molecule has 22 heavy (non-hydrogen) atoms. The van der Waals surface area contributed by atoms with Gasteiger partial charge in [-0.05, 0) is 48.9 Å². The van der Waals surface area contributed by atoms with Crippen LogP contribution in [-0.2, 0) is 6.42 Å². The van der Waals surface area contributed by atoms with E-state index in [0.717, 1.165) is 41.9 Å². The summed E-state index contributed by atoms with van der Waals surface area (Å²) in [7, 11) is 0. The van der Waals surface area contributed by atoms with E-state index in [1.807, 2.05) is 4.68 Å². The highest BCUT2D eigenvalue weighted by Gasteiger charge is 2.40. The van der Waals surface area contributed by atoms with E-state index in [0.29, 0.717) is 12.3 Å². The predicted octanol–water partition coefficient (Wildman–Crippen LogP) is 4.04. The van der Waals surface area contributed by atoms with Crippen LogP contribution in [-0.4, -0.2) is 15.6 Å². The van der Waals surface area contributed by atoms with Crippen molar-refractivity contribution in [1.29, 1.82) is 0 Å². The van der Waals surface area contributed by atoms with Gasteiger partial charge in [-0.25, -0.2) is 9.07 Å². The zero-order valence-electron chi connectivity index (χ0n) is 12.9. The van der Waals surface area contributed by atoms with E-state index in [1.54, 1.807) is 12.1 Å². The van der Waals surface area contributed by atoms with Gasteiger partial charge < -0.3 is 0 Å². The summed E-state index contributed by atoms with van der Waals surface area (Å²) in [6.07, 6.45) is 3.61. The molecule has 0 bridgehead atoms. The molecule has 1 saturated carbocycles. The third kappa shape index (κ3) is 2.18. The Balaban J connectivity index is 1.89. The van der Waals surface area contributed by atoms with Gasteiger partial charge in [0.25, 0.3) is 0 Å². The number of carbonyl (C=O) groups excluding carboxylic acids is 1. The Hall–Kier alpha value is -1.97. The van der Waals surface area contributed by atoms with Crippen LogP contribution in [0.2, 0.25) is 0 Å². The fourth-order valence-electron chi connectivity index (χ4n) is 3.46. The van der Waals surface area contributed by atoms with Crippen molar-refractivity contribution < 1.29 is 9.18 Å². The Kier molecular flexibility index (Phi) is 2.80. The van der Waals surface area contributed by atoms with E-state index in [2.05, 4.69) is 13.8 Å². The van der Waals surface area contributed by atoms with Crippen molar-refractivity contribution in [2.75, 3.05) is 0 Å². The van der Waals surface area contributed by atoms with Gasteiger partial charge in [0.05, 0.1) is 22.6 Å². The summed E-state index contributed by atoms with van der Waals surface area (Å²) in [6.45, 7) is 4.23. The van der Waals surface area contributed by atoms with Crippen LogP contribution in [0.15, 0.2) is 24.3 Å². The number of rotatable bonds is 2. The van der Waals surface area contributed by atoms with Crippen LogP contribution < -0.4 is 0 Å². The molecule has 4 rings (SSSR count). The van der Waals surface area contributed by atoms with E-state index in [4.69, 9.17) is 5.10 Å². The maximum atomic E-state index is 13.2. The number of hydrogen-bond donors (Lipinski definition) is 0. The number of ketones is 1. The molecule has 0 atom stereocenters. The van der Waals surface area contributed by atoms with Crippen LogP contribution >= 0.6 is 0 Å². The zero-order chi connectivity index (χ0) is 15.5. The van der Waals surface area contributed by atoms with E-state index < -0.39 is 0 Å². The standard InChI is InChI=1S/C18H19FN2O/c1-18(2)9-14-16(15(22)10-18)17(11-3-4-11)21(20-14)13-7-5-12(19)6-8-13/h5-8,11H,3-4,9-10H2,1-2H3. The van der Waals surface area contributed by atoms with Crippen LogP contribution in [0, 0.1) is 11.2 Å². The highest BCUT2D eigenvalue weighted by Crippen LogP contribution is 2.46. The molecule has 2 aromatic rings. The van der Waals surface area contributed by atoms with Gasteiger partial charge in [0.15, 0.2) is 5.78 Å². The van der Waals surface area contributed by atoms with Crippen LogP contribution in [0.25, 0.3) is 5.69 Å². The molecule has 0 spiro atoms. The SMILES string of the molecule is CC1(C)CC(=O)c2c(nn(-c3ccc(F)cc3)c2C2CC2)C1. The van der Waals surface area contributed by atoms with Gasteiger partial charge in [-0.1, -0.05) is 13.8 Å². The molecule has 0 amide bonds. The minimum absolute atomic E-state index is 0.0348. The minimum Gasteiger partial charge on any atom is -0.294 e. The molecule has 0 N–H and O–H groups in total. The quantitative estimate of drug-likeness (QED) is 0.838. The van der Waals surface area contributed by atoms with Crippen molar-refractivity contribution >= 4 is 5.78 Å². The second-order valence-corrected chi connectivity index (χ2v) is 7.31. The first-order valence-corrected chi connectivity index (χ1v) is 7.85.